The van der Waals surface area contributed by atoms with Crippen molar-refractivity contribution in [3.8, 4) is 0 Å². The molecule has 2 aromatic rings. The number of nitrogens with one attached hydrogen (secondary N) is 1. The molecule has 0 spiro atoms. The molecule has 24 heavy (non-hydrogen) atoms. The van der Waals surface area contributed by atoms with Crippen molar-refractivity contribution < 1.29 is 0 Å². The molecule has 0 aliphatic carbocycles. The highest BCUT2D eigenvalue weighted by Crippen LogP contribution is 2.31. The van der Waals surface area contributed by atoms with Gasteiger partial charge in [0.25, 0.3) is 0 Å². The second-order valence-corrected chi connectivity index (χ2v) is 5.08. The van der Waals surface area contributed by atoms with Gasteiger partial charge in [0, 0.05) is 17.4 Å². The van der Waals surface area contributed by atoms with Crippen LogP contribution in [-0.4, -0.2) is 11.2 Å². The Kier molecular flexibility index (Phi) is 7.57. The third kappa shape index (κ3) is 4.39. The summed E-state index contributed by atoms with van der Waals surface area (Å²) in [6, 6.07) is 14.0. The van der Waals surface area contributed by atoms with E-state index in [4.69, 9.17) is 5.41 Å². The van der Waals surface area contributed by atoms with Crippen LogP contribution in [0.15, 0.2) is 61.7 Å². The van der Waals surface area contributed by atoms with E-state index in [0.717, 1.165) is 33.7 Å². The zero-order chi connectivity index (χ0) is 18.1. The van der Waals surface area contributed by atoms with E-state index in [9.17, 15) is 0 Å². The molecule has 1 aromatic carbocycles. The van der Waals surface area contributed by atoms with Crippen molar-refractivity contribution in [2.45, 2.75) is 27.7 Å². The standard InChI is InChI=1S/C20H20N2.C2H6/c1-5-18(16(4)17-9-7-6-8-10-17)20-14(2)11-12-19(22-20)15(3)13-21;1-2/h5-13,21H,3-4H2,1-2H3;1-2H3/b18-5-,21-13?;. The summed E-state index contributed by atoms with van der Waals surface area (Å²) in [5.41, 5.74) is 6.30. The van der Waals surface area contributed by atoms with Gasteiger partial charge in [0.2, 0.25) is 0 Å². The first kappa shape index (κ1) is 19.3. The molecule has 2 heteroatoms. The summed E-state index contributed by atoms with van der Waals surface area (Å²) < 4.78 is 0. The lowest BCUT2D eigenvalue weighted by molar-refractivity contribution is 1.20. The summed E-state index contributed by atoms with van der Waals surface area (Å²) in [4.78, 5) is 4.68. The Labute approximate surface area is 145 Å². The minimum atomic E-state index is 0.599. The fourth-order valence-electron chi connectivity index (χ4n) is 2.30. The Hall–Kier alpha value is -2.74. The van der Waals surface area contributed by atoms with Gasteiger partial charge < -0.3 is 5.41 Å². The third-order valence-corrected chi connectivity index (χ3v) is 3.59. The van der Waals surface area contributed by atoms with Crippen molar-refractivity contribution in [3.05, 3.63) is 84.2 Å². The summed E-state index contributed by atoms with van der Waals surface area (Å²) in [6.07, 6.45) is 3.25. The Bertz CT molecular complexity index is 753. The number of pyridine rings is 1. The van der Waals surface area contributed by atoms with Crippen LogP contribution in [0.1, 0.15) is 43.3 Å². The lowest BCUT2D eigenvalue weighted by Gasteiger charge is -2.14. The summed E-state index contributed by atoms with van der Waals surface area (Å²) in [5.74, 6) is 0. The molecule has 0 bridgehead atoms. The molecule has 0 fully saturated rings. The highest BCUT2D eigenvalue weighted by molar-refractivity contribution is 6.07. The second kappa shape index (κ2) is 9.41. The minimum Gasteiger partial charge on any atom is -0.308 e. The predicted molar refractivity (Wildman–Crippen MR) is 107 cm³/mol. The van der Waals surface area contributed by atoms with Gasteiger partial charge in [-0.3, -0.25) is 0 Å². The fourth-order valence-corrected chi connectivity index (χ4v) is 2.30. The number of aryl methyl sites for hydroxylation is 1. The zero-order valence-corrected chi connectivity index (χ0v) is 15.1. The number of aromatic nitrogens is 1. The van der Waals surface area contributed by atoms with Gasteiger partial charge in [0.1, 0.15) is 0 Å². The minimum absolute atomic E-state index is 0.599. The lowest BCUT2D eigenvalue weighted by Crippen LogP contribution is -2.00. The normalized spacial score (nSPS) is 10.4. The Balaban J connectivity index is 0.00000139. The van der Waals surface area contributed by atoms with E-state index in [1.165, 1.54) is 6.21 Å². The molecular formula is C22H26N2. The van der Waals surface area contributed by atoms with Crippen LogP contribution in [0.4, 0.5) is 0 Å². The molecule has 1 N–H and O–H groups in total. The number of benzene rings is 1. The Morgan fingerprint density at radius 3 is 2.21 bits per heavy atom. The SMILES string of the molecule is C=C(/C(=C/C)c1nc(C(=C)C=N)ccc1C)c1ccccc1.CC. The van der Waals surface area contributed by atoms with Gasteiger partial charge >= 0.3 is 0 Å². The van der Waals surface area contributed by atoms with Crippen LogP contribution >= 0.6 is 0 Å². The average molecular weight is 318 g/mol. The molecule has 0 saturated heterocycles. The summed E-state index contributed by atoms with van der Waals surface area (Å²) >= 11 is 0. The number of hydrogen-bond acceptors (Lipinski definition) is 2. The van der Waals surface area contributed by atoms with Gasteiger partial charge in [0.05, 0.1) is 11.4 Å². The van der Waals surface area contributed by atoms with Crippen molar-refractivity contribution >= 4 is 22.9 Å². The molecule has 0 aliphatic rings. The molecule has 0 radical (unpaired) electrons. The van der Waals surface area contributed by atoms with E-state index in [1.807, 2.05) is 76.2 Å². The number of rotatable bonds is 5. The number of allylic oxidation sites excluding steroid dienone is 4. The molecule has 0 unspecified atom stereocenters. The summed E-state index contributed by atoms with van der Waals surface area (Å²) in [5, 5.41) is 7.34. The monoisotopic (exact) mass is 318 g/mol. The maximum absolute atomic E-state index is 7.34. The van der Waals surface area contributed by atoms with Crippen LogP contribution in [0.2, 0.25) is 0 Å². The summed E-state index contributed by atoms with van der Waals surface area (Å²) in [7, 11) is 0. The smallest absolute Gasteiger partial charge is 0.0741 e. The van der Waals surface area contributed by atoms with E-state index in [2.05, 4.69) is 18.1 Å². The van der Waals surface area contributed by atoms with Gasteiger partial charge in [-0.05, 0) is 36.6 Å². The van der Waals surface area contributed by atoms with Crippen LogP contribution in [0.5, 0.6) is 0 Å². The van der Waals surface area contributed by atoms with Crippen molar-refractivity contribution in [3.63, 3.8) is 0 Å². The molecule has 0 amide bonds. The molecule has 0 saturated carbocycles. The van der Waals surface area contributed by atoms with Crippen LogP contribution in [0.3, 0.4) is 0 Å². The fraction of sp³-hybridized carbons (Fsp3) is 0.182. The van der Waals surface area contributed by atoms with E-state index in [1.54, 1.807) is 0 Å². The molecule has 1 heterocycles. The average Bonchev–Trinajstić information content (AvgIpc) is 2.65. The van der Waals surface area contributed by atoms with E-state index < -0.39 is 0 Å². The largest absolute Gasteiger partial charge is 0.308 e. The molecular weight excluding hydrogens is 292 g/mol. The van der Waals surface area contributed by atoms with Crippen molar-refractivity contribution in [1.82, 2.24) is 4.98 Å². The topological polar surface area (TPSA) is 36.7 Å². The lowest BCUT2D eigenvalue weighted by atomic mass is 9.94. The quantitative estimate of drug-likeness (QED) is 0.517. The van der Waals surface area contributed by atoms with Gasteiger partial charge in [0.15, 0.2) is 0 Å². The van der Waals surface area contributed by atoms with Crippen molar-refractivity contribution in [1.29, 1.82) is 5.41 Å². The molecule has 0 aliphatic heterocycles. The number of nitrogens with zero attached hydrogens (tertiary/aromatic N) is 1. The molecule has 2 nitrogen and oxygen atoms in total. The number of hydrogen-bond donors (Lipinski definition) is 1. The highest BCUT2D eigenvalue weighted by Gasteiger charge is 2.12. The first-order chi connectivity index (χ1) is 11.6. The Morgan fingerprint density at radius 2 is 1.67 bits per heavy atom. The first-order valence-electron chi connectivity index (χ1n) is 8.17. The molecule has 2 rings (SSSR count). The zero-order valence-electron chi connectivity index (χ0n) is 15.1. The molecule has 124 valence electrons. The Morgan fingerprint density at radius 1 is 1.04 bits per heavy atom. The van der Waals surface area contributed by atoms with Crippen LogP contribution < -0.4 is 0 Å². The van der Waals surface area contributed by atoms with Crippen LogP contribution in [0.25, 0.3) is 16.7 Å². The van der Waals surface area contributed by atoms with Gasteiger partial charge in [-0.2, -0.15) is 0 Å². The highest BCUT2D eigenvalue weighted by atomic mass is 14.7. The second-order valence-electron chi connectivity index (χ2n) is 5.08. The van der Waals surface area contributed by atoms with E-state index in [-0.39, 0.29) is 0 Å². The van der Waals surface area contributed by atoms with Crippen LogP contribution in [-0.2, 0) is 0 Å². The predicted octanol–water partition coefficient (Wildman–Crippen LogP) is 6.20. The van der Waals surface area contributed by atoms with Crippen LogP contribution in [0, 0.1) is 12.3 Å². The summed E-state index contributed by atoms with van der Waals surface area (Å²) in [6.45, 7) is 16.1. The van der Waals surface area contributed by atoms with Crippen molar-refractivity contribution in [2.24, 2.45) is 0 Å². The van der Waals surface area contributed by atoms with E-state index in [0.29, 0.717) is 5.57 Å². The first-order valence-corrected chi connectivity index (χ1v) is 8.17. The van der Waals surface area contributed by atoms with Gasteiger partial charge in [-0.15, -0.1) is 0 Å². The van der Waals surface area contributed by atoms with E-state index >= 15 is 0 Å². The van der Waals surface area contributed by atoms with Crippen molar-refractivity contribution in [2.75, 3.05) is 0 Å². The molecule has 0 atom stereocenters. The van der Waals surface area contributed by atoms with Gasteiger partial charge in [-0.1, -0.05) is 69.5 Å². The maximum atomic E-state index is 7.34. The maximum Gasteiger partial charge on any atom is 0.0741 e. The van der Waals surface area contributed by atoms with Gasteiger partial charge in [-0.25, -0.2) is 4.98 Å². The third-order valence-electron chi connectivity index (χ3n) is 3.59. The molecule has 1 aromatic heterocycles.